The Bertz CT molecular complexity index is 1110. The van der Waals surface area contributed by atoms with E-state index in [4.69, 9.17) is 5.11 Å². The summed E-state index contributed by atoms with van der Waals surface area (Å²) in [5.41, 5.74) is 0.287. The molecule has 0 spiro atoms. The fourth-order valence-electron chi connectivity index (χ4n) is 2.40. The lowest BCUT2D eigenvalue weighted by atomic mass is 10.2. The van der Waals surface area contributed by atoms with Crippen LogP contribution in [0.5, 0.6) is 0 Å². The van der Waals surface area contributed by atoms with Crippen LogP contribution in [0.15, 0.2) is 57.2 Å². The second kappa shape index (κ2) is 7.74. The Balaban J connectivity index is 1.84. The van der Waals surface area contributed by atoms with E-state index >= 15 is 0 Å². The van der Waals surface area contributed by atoms with Gasteiger partial charge in [0.05, 0.1) is 21.0 Å². The number of benzene rings is 2. The molecule has 1 fully saturated rings. The molecule has 0 aliphatic heterocycles. The third-order valence-corrected chi connectivity index (χ3v) is 7.73. The number of carboxylic acids is 1. The van der Waals surface area contributed by atoms with Gasteiger partial charge in [-0.1, -0.05) is 0 Å². The number of aromatic carboxylic acids is 1. The smallest absolute Gasteiger partial charge is 0.335 e. The number of carboxylic acid groups (broad SMARTS) is 1. The SMILES string of the molecule is CSc1cc(C(=O)O)ccc1NS(=O)(=O)c1ccc(S(=O)(=O)NC2CC2)cc1. The van der Waals surface area contributed by atoms with Gasteiger partial charge in [-0.25, -0.2) is 26.4 Å². The van der Waals surface area contributed by atoms with Crippen LogP contribution in [-0.4, -0.2) is 40.2 Å². The summed E-state index contributed by atoms with van der Waals surface area (Å²) in [6.07, 6.45) is 3.30. The molecule has 3 rings (SSSR count). The van der Waals surface area contributed by atoms with E-state index < -0.39 is 26.0 Å². The molecule has 0 radical (unpaired) electrons. The Hall–Kier alpha value is -2.08. The van der Waals surface area contributed by atoms with E-state index in [9.17, 15) is 21.6 Å². The fourth-order valence-corrected chi connectivity index (χ4v) is 5.43. The van der Waals surface area contributed by atoms with Gasteiger partial charge in [0.1, 0.15) is 0 Å². The molecule has 28 heavy (non-hydrogen) atoms. The molecule has 0 bridgehead atoms. The van der Waals surface area contributed by atoms with Crippen molar-refractivity contribution in [2.45, 2.75) is 33.6 Å². The quantitative estimate of drug-likeness (QED) is 0.535. The number of nitrogens with one attached hydrogen (secondary N) is 2. The van der Waals surface area contributed by atoms with Crippen LogP contribution < -0.4 is 9.44 Å². The minimum Gasteiger partial charge on any atom is -0.478 e. The summed E-state index contributed by atoms with van der Waals surface area (Å²) in [6, 6.07) is 8.93. The topological polar surface area (TPSA) is 130 Å². The van der Waals surface area contributed by atoms with E-state index in [1.165, 1.54) is 54.2 Å². The van der Waals surface area contributed by atoms with Crippen molar-refractivity contribution in [3.8, 4) is 0 Å². The second-order valence-corrected chi connectivity index (χ2v) is 10.4. The minimum absolute atomic E-state index is 0.00559. The third-order valence-electron chi connectivity index (χ3n) is 4.04. The zero-order valence-electron chi connectivity index (χ0n) is 14.7. The first-order valence-electron chi connectivity index (χ1n) is 8.19. The van der Waals surface area contributed by atoms with Crippen molar-refractivity contribution in [2.24, 2.45) is 0 Å². The van der Waals surface area contributed by atoms with Gasteiger partial charge in [-0.15, -0.1) is 11.8 Å². The summed E-state index contributed by atoms with van der Waals surface area (Å²) in [4.78, 5) is 11.4. The molecule has 0 unspecified atom stereocenters. The van der Waals surface area contributed by atoms with E-state index in [1.54, 1.807) is 6.26 Å². The van der Waals surface area contributed by atoms with Crippen molar-refractivity contribution in [1.29, 1.82) is 0 Å². The highest BCUT2D eigenvalue weighted by Crippen LogP contribution is 2.29. The number of hydrogen-bond acceptors (Lipinski definition) is 6. The lowest BCUT2D eigenvalue weighted by Gasteiger charge is -2.12. The Morgan fingerprint density at radius 2 is 1.57 bits per heavy atom. The molecule has 150 valence electrons. The Morgan fingerprint density at radius 3 is 2.07 bits per heavy atom. The second-order valence-electron chi connectivity index (χ2n) is 6.19. The van der Waals surface area contributed by atoms with Crippen molar-refractivity contribution in [1.82, 2.24) is 4.72 Å². The fraction of sp³-hybridized carbons (Fsp3) is 0.235. The molecule has 0 amide bonds. The molecule has 8 nitrogen and oxygen atoms in total. The monoisotopic (exact) mass is 442 g/mol. The Labute approximate surface area is 167 Å². The molecule has 3 N–H and O–H groups in total. The number of carbonyl (C=O) groups is 1. The molecule has 1 aliphatic carbocycles. The van der Waals surface area contributed by atoms with Gasteiger partial charge in [-0.3, -0.25) is 4.72 Å². The molecule has 1 saturated carbocycles. The molecule has 0 heterocycles. The van der Waals surface area contributed by atoms with E-state index in [0.29, 0.717) is 4.90 Å². The zero-order chi connectivity index (χ0) is 20.5. The third kappa shape index (κ3) is 4.66. The van der Waals surface area contributed by atoms with Crippen LogP contribution in [0.2, 0.25) is 0 Å². The predicted octanol–water partition coefficient (Wildman–Crippen LogP) is 2.35. The van der Waals surface area contributed by atoms with Gasteiger partial charge in [0.2, 0.25) is 10.0 Å². The molecule has 1 aliphatic rings. The lowest BCUT2D eigenvalue weighted by molar-refractivity contribution is 0.0696. The summed E-state index contributed by atoms with van der Waals surface area (Å²) >= 11 is 1.20. The van der Waals surface area contributed by atoms with E-state index in [2.05, 4.69) is 9.44 Å². The molecule has 0 aromatic heterocycles. The lowest BCUT2D eigenvalue weighted by Crippen LogP contribution is -2.25. The minimum atomic E-state index is -3.98. The predicted molar refractivity (Wildman–Crippen MR) is 106 cm³/mol. The highest BCUT2D eigenvalue weighted by Gasteiger charge is 2.28. The van der Waals surface area contributed by atoms with Gasteiger partial charge in [0, 0.05) is 10.9 Å². The first kappa shape index (κ1) is 20.6. The number of thioether (sulfide) groups is 1. The average molecular weight is 443 g/mol. The largest absolute Gasteiger partial charge is 0.478 e. The molecule has 2 aromatic carbocycles. The van der Waals surface area contributed by atoms with Crippen molar-refractivity contribution in [2.75, 3.05) is 11.0 Å². The first-order chi connectivity index (χ1) is 13.1. The van der Waals surface area contributed by atoms with Crippen LogP contribution in [0.4, 0.5) is 5.69 Å². The Morgan fingerprint density at radius 1 is 1.00 bits per heavy atom. The van der Waals surface area contributed by atoms with Gasteiger partial charge < -0.3 is 5.11 Å². The van der Waals surface area contributed by atoms with Crippen molar-refractivity contribution in [3.63, 3.8) is 0 Å². The van der Waals surface area contributed by atoms with Crippen molar-refractivity contribution >= 4 is 43.5 Å². The molecular formula is C17H18N2O6S3. The maximum atomic E-state index is 12.6. The Kier molecular flexibility index (Phi) is 5.71. The van der Waals surface area contributed by atoms with Crippen LogP contribution in [0.25, 0.3) is 0 Å². The van der Waals surface area contributed by atoms with Gasteiger partial charge >= 0.3 is 5.97 Å². The number of sulfonamides is 2. The zero-order valence-corrected chi connectivity index (χ0v) is 17.2. The van der Waals surface area contributed by atoms with E-state index in [-0.39, 0.29) is 27.1 Å². The van der Waals surface area contributed by atoms with Crippen molar-refractivity contribution in [3.05, 3.63) is 48.0 Å². The summed E-state index contributed by atoms with van der Waals surface area (Å²) in [5, 5.41) is 9.05. The van der Waals surface area contributed by atoms with Gasteiger partial charge in [-0.05, 0) is 61.6 Å². The molecule has 11 heteroatoms. The normalized spacial score (nSPS) is 14.6. The van der Waals surface area contributed by atoms with Crippen LogP contribution in [0.1, 0.15) is 23.2 Å². The number of rotatable bonds is 8. The number of anilines is 1. The van der Waals surface area contributed by atoms with E-state index in [1.807, 2.05) is 0 Å². The molecule has 2 aromatic rings. The molecule has 0 saturated heterocycles. The standard InChI is InChI=1S/C17H18N2O6S3/c1-26-16-10-11(17(20)21)2-9-15(16)19-28(24,25)14-7-5-13(6-8-14)27(22,23)18-12-3-4-12/h2,5-10,12,18-19H,3-4H2,1H3,(H,20,21). The van der Waals surface area contributed by atoms with Crippen LogP contribution in [0, 0.1) is 0 Å². The maximum absolute atomic E-state index is 12.6. The highest BCUT2D eigenvalue weighted by atomic mass is 32.2. The first-order valence-corrected chi connectivity index (χ1v) is 12.4. The van der Waals surface area contributed by atoms with Gasteiger partial charge in [0.25, 0.3) is 10.0 Å². The summed E-state index contributed by atoms with van der Waals surface area (Å²) in [5.74, 6) is -1.11. The summed E-state index contributed by atoms with van der Waals surface area (Å²) < 4.78 is 54.6. The molecular weight excluding hydrogens is 424 g/mol. The molecule has 0 atom stereocenters. The van der Waals surface area contributed by atoms with Gasteiger partial charge in [-0.2, -0.15) is 0 Å². The highest BCUT2D eigenvalue weighted by molar-refractivity contribution is 7.99. The van der Waals surface area contributed by atoms with Crippen LogP contribution >= 0.6 is 11.8 Å². The van der Waals surface area contributed by atoms with Gasteiger partial charge in [0.15, 0.2) is 0 Å². The average Bonchev–Trinajstić information content (AvgIpc) is 3.45. The van der Waals surface area contributed by atoms with Crippen LogP contribution in [0.3, 0.4) is 0 Å². The number of hydrogen-bond donors (Lipinski definition) is 3. The maximum Gasteiger partial charge on any atom is 0.335 e. The van der Waals surface area contributed by atoms with E-state index in [0.717, 1.165) is 12.8 Å². The van der Waals surface area contributed by atoms with Crippen molar-refractivity contribution < 1.29 is 26.7 Å². The van der Waals surface area contributed by atoms with Crippen LogP contribution in [-0.2, 0) is 20.0 Å². The summed E-state index contributed by atoms with van der Waals surface area (Å²) in [6.45, 7) is 0. The summed E-state index contributed by atoms with van der Waals surface area (Å²) in [7, 11) is -7.64.